The topological polar surface area (TPSA) is 109 Å². The second-order valence-corrected chi connectivity index (χ2v) is 4.54. The van der Waals surface area contributed by atoms with Crippen LogP contribution in [-0.2, 0) is 6.42 Å². The number of H-pyrrole nitrogens is 2. The van der Waals surface area contributed by atoms with Gasteiger partial charge in [0, 0.05) is 12.1 Å². The van der Waals surface area contributed by atoms with Crippen LogP contribution in [0, 0.1) is 0 Å². The van der Waals surface area contributed by atoms with E-state index in [4.69, 9.17) is 10.5 Å². The summed E-state index contributed by atoms with van der Waals surface area (Å²) in [7, 11) is 0. The highest BCUT2D eigenvalue weighted by atomic mass is 16.5. The summed E-state index contributed by atoms with van der Waals surface area (Å²) in [6.45, 7) is 0.713. The number of hydrogen-bond acceptors (Lipinski definition) is 5. The SMILES string of the molecule is Nc1ccc2c(c1)NC[C@H](CCc1n[nH]c(=O)[nH]1)O2. The van der Waals surface area contributed by atoms with Crippen molar-refractivity contribution in [3.63, 3.8) is 0 Å². The van der Waals surface area contributed by atoms with Crippen molar-refractivity contribution in [3.05, 3.63) is 34.5 Å². The lowest BCUT2D eigenvalue weighted by atomic mass is 10.1. The molecule has 0 aliphatic carbocycles. The van der Waals surface area contributed by atoms with Crippen LogP contribution >= 0.6 is 0 Å². The third kappa shape index (κ3) is 2.54. The molecule has 1 aliphatic heterocycles. The molecule has 1 atom stereocenters. The fourth-order valence-electron chi connectivity index (χ4n) is 2.12. The first-order valence-electron chi connectivity index (χ1n) is 6.14. The fraction of sp³-hybridized carbons (Fsp3) is 0.333. The van der Waals surface area contributed by atoms with Crippen LogP contribution in [0.25, 0.3) is 0 Å². The molecule has 2 heterocycles. The number of anilines is 2. The maximum atomic E-state index is 10.9. The zero-order valence-electron chi connectivity index (χ0n) is 10.3. The number of nitrogen functional groups attached to an aromatic ring is 1. The number of rotatable bonds is 3. The smallest absolute Gasteiger partial charge is 0.340 e. The van der Waals surface area contributed by atoms with Gasteiger partial charge in [0.25, 0.3) is 0 Å². The third-order valence-electron chi connectivity index (χ3n) is 3.07. The van der Waals surface area contributed by atoms with Crippen LogP contribution < -0.4 is 21.5 Å². The van der Waals surface area contributed by atoms with E-state index >= 15 is 0 Å². The van der Waals surface area contributed by atoms with Crippen LogP contribution in [-0.4, -0.2) is 27.8 Å². The van der Waals surface area contributed by atoms with Crippen LogP contribution in [0.15, 0.2) is 23.0 Å². The molecular formula is C12H15N5O2. The second-order valence-electron chi connectivity index (χ2n) is 4.54. The Kier molecular flexibility index (Phi) is 2.86. The summed E-state index contributed by atoms with van der Waals surface area (Å²) < 4.78 is 5.87. The molecular weight excluding hydrogens is 246 g/mol. The second kappa shape index (κ2) is 4.68. The number of nitrogens with one attached hydrogen (secondary N) is 3. The molecule has 0 saturated carbocycles. The van der Waals surface area contributed by atoms with Crippen molar-refractivity contribution in [1.82, 2.24) is 15.2 Å². The van der Waals surface area contributed by atoms with Gasteiger partial charge < -0.3 is 15.8 Å². The minimum Gasteiger partial charge on any atom is -0.486 e. The number of aromatic amines is 2. The normalized spacial score (nSPS) is 17.4. The molecule has 19 heavy (non-hydrogen) atoms. The van der Waals surface area contributed by atoms with E-state index in [1.807, 2.05) is 18.2 Å². The van der Waals surface area contributed by atoms with Gasteiger partial charge in [-0.3, -0.25) is 4.98 Å². The van der Waals surface area contributed by atoms with Crippen molar-refractivity contribution < 1.29 is 4.74 Å². The van der Waals surface area contributed by atoms with Gasteiger partial charge in [0.2, 0.25) is 0 Å². The fourth-order valence-corrected chi connectivity index (χ4v) is 2.12. The van der Waals surface area contributed by atoms with E-state index in [-0.39, 0.29) is 11.8 Å². The van der Waals surface area contributed by atoms with Gasteiger partial charge in [0.15, 0.2) is 0 Å². The molecule has 0 amide bonds. The number of benzene rings is 1. The first-order chi connectivity index (χ1) is 9.20. The maximum Gasteiger partial charge on any atom is 0.340 e. The molecule has 2 aromatic rings. The third-order valence-corrected chi connectivity index (χ3v) is 3.07. The lowest BCUT2D eigenvalue weighted by Gasteiger charge is -2.27. The van der Waals surface area contributed by atoms with Gasteiger partial charge in [-0.25, -0.2) is 9.89 Å². The minimum absolute atomic E-state index is 0.0522. The zero-order valence-corrected chi connectivity index (χ0v) is 10.3. The summed E-state index contributed by atoms with van der Waals surface area (Å²) in [5, 5.41) is 9.51. The Balaban J connectivity index is 1.62. The van der Waals surface area contributed by atoms with Crippen molar-refractivity contribution in [2.24, 2.45) is 0 Å². The van der Waals surface area contributed by atoms with E-state index in [0.29, 0.717) is 24.5 Å². The Bertz CT molecular complexity index is 633. The van der Waals surface area contributed by atoms with Crippen LogP contribution in [0.3, 0.4) is 0 Å². The van der Waals surface area contributed by atoms with E-state index < -0.39 is 0 Å². The van der Waals surface area contributed by atoms with Gasteiger partial charge in [-0.2, -0.15) is 5.10 Å². The van der Waals surface area contributed by atoms with Gasteiger partial charge >= 0.3 is 5.69 Å². The molecule has 5 N–H and O–H groups in total. The van der Waals surface area contributed by atoms with Crippen molar-refractivity contribution in [1.29, 1.82) is 0 Å². The Labute approximate surface area is 109 Å². The standard InChI is InChI=1S/C12H15N5O2/c13-7-1-3-10-9(5-7)14-6-8(19-10)2-4-11-15-12(18)17-16-11/h1,3,5,8,14H,2,4,6,13H2,(H2,15,16,17,18)/t8-/m0/s1. The summed E-state index contributed by atoms with van der Waals surface area (Å²) in [6.07, 6.45) is 1.49. The summed E-state index contributed by atoms with van der Waals surface area (Å²) in [5.74, 6) is 1.46. The van der Waals surface area contributed by atoms with E-state index in [0.717, 1.165) is 17.9 Å². The molecule has 1 aliphatic rings. The molecule has 3 rings (SSSR count). The highest BCUT2D eigenvalue weighted by Crippen LogP contribution is 2.31. The Hall–Kier alpha value is -2.44. The first-order valence-corrected chi connectivity index (χ1v) is 6.14. The van der Waals surface area contributed by atoms with Crippen molar-refractivity contribution in [2.75, 3.05) is 17.6 Å². The summed E-state index contributed by atoms with van der Waals surface area (Å²) in [5.41, 5.74) is 7.06. The Morgan fingerprint density at radius 2 is 2.37 bits per heavy atom. The summed E-state index contributed by atoms with van der Waals surface area (Å²) in [4.78, 5) is 13.5. The highest BCUT2D eigenvalue weighted by molar-refractivity contribution is 5.64. The van der Waals surface area contributed by atoms with Gasteiger partial charge in [-0.1, -0.05) is 0 Å². The molecule has 1 aromatic heterocycles. The maximum absolute atomic E-state index is 10.9. The molecule has 0 radical (unpaired) electrons. The average molecular weight is 261 g/mol. The zero-order chi connectivity index (χ0) is 13.2. The number of hydrogen-bond donors (Lipinski definition) is 4. The predicted molar refractivity (Wildman–Crippen MR) is 71.3 cm³/mol. The van der Waals surface area contributed by atoms with Crippen molar-refractivity contribution >= 4 is 11.4 Å². The van der Waals surface area contributed by atoms with Gasteiger partial charge in [-0.05, 0) is 24.6 Å². The first kappa shape index (κ1) is 11.6. The van der Waals surface area contributed by atoms with Crippen LogP contribution in [0.1, 0.15) is 12.2 Å². The van der Waals surface area contributed by atoms with E-state index in [1.165, 1.54) is 0 Å². The molecule has 100 valence electrons. The van der Waals surface area contributed by atoms with E-state index in [1.54, 1.807) is 0 Å². The van der Waals surface area contributed by atoms with E-state index in [9.17, 15) is 4.79 Å². The summed E-state index contributed by atoms with van der Waals surface area (Å²) in [6, 6.07) is 5.53. The molecule has 0 fully saturated rings. The van der Waals surface area contributed by atoms with Gasteiger partial charge in [0.05, 0.1) is 12.2 Å². The molecule has 0 spiro atoms. The summed E-state index contributed by atoms with van der Waals surface area (Å²) >= 11 is 0. The molecule has 7 heteroatoms. The van der Waals surface area contributed by atoms with Crippen molar-refractivity contribution in [3.8, 4) is 5.75 Å². The largest absolute Gasteiger partial charge is 0.486 e. The predicted octanol–water partition coefficient (Wildman–Crippen LogP) is 0.486. The lowest BCUT2D eigenvalue weighted by molar-refractivity contribution is 0.195. The molecule has 0 saturated heterocycles. The lowest BCUT2D eigenvalue weighted by Crippen LogP contribution is -2.31. The number of aromatic nitrogens is 3. The minimum atomic E-state index is -0.279. The molecule has 0 bridgehead atoms. The Morgan fingerprint density at radius 3 is 3.16 bits per heavy atom. The van der Waals surface area contributed by atoms with Crippen molar-refractivity contribution in [2.45, 2.75) is 18.9 Å². The Morgan fingerprint density at radius 1 is 1.47 bits per heavy atom. The highest BCUT2D eigenvalue weighted by Gasteiger charge is 2.19. The average Bonchev–Trinajstić information content (AvgIpc) is 2.82. The molecule has 0 unspecified atom stereocenters. The van der Waals surface area contributed by atoms with Gasteiger partial charge in [-0.15, -0.1) is 0 Å². The molecule has 1 aromatic carbocycles. The number of ether oxygens (including phenoxy) is 1. The number of aryl methyl sites for hydroxylation is 1. The number of nitrogens with zero attached hydrogens (tertiary/aromatic N) is 1. The molecule has 7 nitrogen and oxygen atoms in total. The van der Waals surface area contributed by atoms with Crippen LogP contribution in [0.5, 0.6) is 5.75 Å². The van der Waals surface area contributed by atoms with E-state index in [2.05, 4.69) is 20.5 Å². The van der Waals surface area contributed by atoms with Gasteiger partial charge in [0.1, 0.15) is 17.7 Å². The number of fused-ring (bicyclic) bond motifs is 1. The number of nitrogens with two attached hydrogens (primary N) is 1. The quantitative estimate of drug-likeness (QED) is 0.601. The van der Waals surface area contributed by atoms with Crippen LogP contribution in [0.2, 0.25) is 0 Å². The monoisotopic (exact) mass is 261 g/mol. The van der Waals surface area contributed by atoms with Crippen LogP contribution in [0.4, 0.5) is 11.4 Å².